The predicted octanol–water partition coefficient (Wildman–Crippen LogP) is 0.306. The van der Waals surface area contributed by atoms with Crippen molar-refractivity contribution < 1.29 is 9.59 Å². The molecule has 3 heterocycles. The molecule has 0 bridgehead atoms. The Morgan fingerprint density at radius 1 is 1.20 bits per heavy atom. The smallest absolute Gasteiger partial charge is 0.324 e. The van der Waals surface area contributed by atoms with Gasteiger partial charge in [0.05, 0.1) is 0 Å². The first kappa shape index (κ1) is 12.8. The van der Waals surface area contributed by atoms with Crippen molar-refractivity contribution in [3.8, 4) is 0 Å². The quantitative estimate of drug-likeness (QED) is 0.746. The number of hydrogen-bond donors (Lipinski definition) is 1. The molecule has 0 aliphatic carbocycles. The highest BCUT2D eigenvalue weighted by Gasteiger charge is 2.51. The number of likely N-dealkylation sites (N-methyl/N-ethyl adjacent to an activating group) is 1. The van der Waals surface area contributed by atoms with E-state index in [1.165, 1.54) is 7.05 Å². The molecular weight excluding hydrogens is 258 g/mol. The molecule has 3 amide bonds. The van der Waals surface area contributed by atoms with Crippen LogP contribution in [0, 0.1) is 6.92 Å². The van der Waals surface area contributed by atoms with Crippen LogP contribution in [0.15, 0.2) is 12.4 Å². The summed E-state index contributed by atoms with van der Waals surface area (Å²) in [5, 5.41) is 2.82. The topological polar surface area (TPSA) is 78.4 Å². The standard InChI is InChI=1S/C13H17N5O2/c1-9-7-14-11(15-8-9)18-5-3-13(4-6-18)10(19)17(2)12(20)16-13/h7-8H,3-6H2,1-2H3,(H,16,20). The Morgan fingerprint density at radius 2 is 1.80 bits per heavy atom. The number of hydrogen-bond acceptors (Lipinski definition) is 5. The molecule has 1 aromatic rings. The summed E-state index contributed by atoms with van der Waals surface area (Å²) in [6.45, 7) is 3.25. The maximum absolute atomic E-state index is 12.2. The van der Waals surface area contributed by atoms with E-state index in [2.05, 4.69) is 15.3 Å². The summed E-state index contributed by atoms with van der Waals surface area (Å²) in [5.74, 6) is 0.544. The van der Waals surface area contributed by atoms with Crippen LogP contribution in [0.1, 0.15) is 18.4 Å². The number of carbonyl (C=O) groups is 2. The number of piperidine rings is 1. The molecule has 2 aliphatic heterocycles. The van der Waals surface area contributed by atoms with E-state index in [9.17, 15) is 9.59 Å². The third kappa shape index (κ3) is 1.90. The molecule has 20 heavy (non-hydrogen) atoms. The van der Waals surface area contributed by atoms with Gasteiger partial charge in [0.15, 0.2) is 0 Å². The highest BCUT2D eigenvalue weighted by molar-refractivity contribution is 6.06. The molecule has 0 radical (unpaired) electrons. The summed E-state index contributed by atoms with van der Waals surface area (Å²) in [7, 11) is 1.52. The van der Waals surface area contributed by atoms with E-state index in [-0.39, 0.29) is 11.9 Å². The fourth-order valence-corrected chi connectivity index (χ4v) is 2.73. The molecule has 0 aromatic carbocycles. The molecule has 2 fully saturated rings. The molecule has 2 saturated heterocycles. The van der Waals surface area contributed by atoms with E-state index in [0.717, 1.165) is 10.5 Å². The van der Waals surface area contributed by atoms with Crippen molar-refractivity contribution in [2.75, 3.05) is 25.0 Å². The summed E-state index contributed by atoms with van der Waals surface area (Å²) < 4.78 is 0. The number of nitrogens with one attached hydrogen (secondary N) is 1. The molecule has 1 spiro atoms. The Labute approximate surface area is 117 Å². The van der Waals surface area contributed by atoms with Crippen LogP contribution in [-0.2, 0) is 4.79 Å². The fourth-order valence-electron chi connectivity index (χ4n) is 2.73. The first-order valence-electron chi connectivity index (χ1n) is 6.66. The second-order valence-electron chi connectivity index (χ2n) is 5.42. The second kappa shape index (κ2) is 4.43. The molecule has 106 valence electrons. The molecule has 0 atom stereocenters. The third-order valence-electron chi connectivity index (χ3n) is 4.03. The zero-order valence-corrected chi connectivity index (χ0v) is 11.6. The van der Waals surface area contributed by atoms with Crippen molar-refractivity contribution in [1.29, 1.82) is 0 Å². The van der Waals surface area contributed by atoms with Gasteiger partial charge in [-0.3, -0.25) is 9.69 Å². The maximum Gasteiger partial charge on any atom is 0.324 e. The zero-order chi connectivity index (χ0) is 14.3. The van der Waals surface area contributed by atoms with Gasteiger partial charge in [-0.15, -0.1) is 0 Å². The van der Waals surface area contributed by atoms with Gasteiger partial charge in [0.25, 0.3) is 5.91 Å². The fraction of sp³-hybridized carbons (Fsp3) is 0.538. The lowest BCUT2D eigenvalue weighted by Crippen LogP contribution is -2.55. The molecule has 3 rings (SSSR count). The lowest BCUT2D eigenvalue weighted by atomic mass is 9.87. The van der Waals surface area contributed by atoms with Crippen molar-refractivity contribution in [1.82, 2.24) is 20.2 Å². The van der Waals surface area contributed by atoms with E-state index < -0.39 is 5.54 Å². The summed E-state index contributed by atoms with van der Waals surface area (Å²) in [6.07, 6.45) is 4.73. The maximum atomic E-state index is 12.2. The minimum Gasteiger partial charge on any atom is -0.341 e. The molecule has 1 N–H and O–H groups in total. The Balaban J connectivity index is 1.72. The molecular formula is C13H17N5O2. The number of anilines is 1. The number of nitrogens with zero attached hydrogens (tertiary/aromatic N) is 4. The number of aryl methyl sites for hydroxylation is 1. The number of urea groups is 1. The number of aromatic nitrogens is 2. The average molecular weight is 275 g/mol. The van der Waals surface area contributed by atoms with Crippen LogP contribution in [0.5, 0.6) is 0 Å². The van der Waals surface area contributed by atoms with E-state index in [1.54, 1.807) is 12.4 Å². The average Bonchev–Trinajstić information content (AvgIpc) is 2.66. The van der Waals surface area contributed by atoms with Crippen molar-refractivity contribution in [2.45, 2.75) is 25.3 Å². The van der Waals surface area contributed by atoms with Gasteiger partial charge in [-0.25, -0.2) is 14.8 Å². The van der Waals surface area contributed by atoms with Gasteiger partial charge in [-0.05, 0) is 25.3 Å². The van der Waals surface area contributed by atoms with Gasteiger partial charge in [-0.1, -0.05) is 0 Å². The van der Waals surface area contributed by atoms with Crippen LogP contribution in [0.4, 0.5) is 10.7 Å². The lowest BCUT2D eigenvalue weighted by Gasteiger charge is -2.37. The molecule has 1 aromatic heterocycles. The van der Waals surface area contributed by atoms with E-state index >= 15 is 0 Å². The minimum absolute atomic E-state index is 0.132. The summed E-state index contributed by atoms with van der Waals surface area (Å²) in [6, 6.07) is -0.310. The van der Waals surface area contributed by atoms with Gasteiger partial charge in [0, 0.05) is 32.5 Å². The molecule has 0 saturated carbocycles. The van der Waals surface area contributed by atoms with Gasteiger partial charge in [0.1, 0.15) is 5.54 Å². The highest BCUT2D eigenvalue weighted by atomic mass is 16.2. The molecule has 7 heteroatoms. The Bertz CT molecular complexity index is 548. The summed E-state index contributed by atoms with van der Waals surface area (Å²) >= 11 is 0. The van der Waals surface area contributed by atoms with Crippen LogP contribution >= 0.6 is 0 Å². The zero-order valence-electron chi connectivity index (χ0n) is 11.6. The Morgan fingerprint density at radius 3 is 2.30 bits per heavy atom. The van der Waals surface area contributed by atoms with E-state index in [4.69, 9.17) is 0 Å². The van der Waals surface area contributed by atoms with Crippen molar-refractivity contribution in [3.63, 3.8) is 0 Å². The van der Waals surface area contributed by atoms with E-state index in [0.29, 0.717) is 31.9 Å². The number of amides is 3. The third-order valence-corrected chi connectivity index (χ3v) is 4.03. The summed E-state index contributed by atoms with van der Waals surface area (Å²) in [4.78, 5) is 35.6. The number of rotatable bonds is 1. The predicted molar refractivity (Wildman–Crippen MR) is 72.2 cm³/mol. The van der Waals surface area contributed by atoms with Gasteiger partial charge in [-0.2, -0.15) is 0 Å². The molecule has 2 aliphatic rings. The van der Waals surface area contributed by atoms with Crippen LogP contribution in [0.3, 0.4) is 0 Å². The Hall–Kier alpha value is -2.18. The van der Waals surface area contributed by atoms with Gasteiger partial charge in [0.2, 0.25) is 5.95 Å². The van der Waals surface area contributed by atoms with E-state index in [1.807, 2.05) is 11.8 Å². The minimum atomic E-state index is -0.729. The first-order chi connectivity index (χ1) is 9.52. The van der Waals surface area contributed by atoms with Crippen molar-refractivity contribution >= 4 is 17.9 Å². The molecule has 0 unspecified atom stereocenters. The molecule has 7 nitrogen and oxygen atoms in total. The SMILES string of the molecule is Cc1cnc(N2CCC3(CC2)NC(=O)N(C)C3=O)nc1. The van der Waals surface area contributed by atoms with Crippen LogP contribution in [-0.4, -0.2) is 52.5 Å². The monoisotopic (exact) mass is 275 g/mol. The van der Waals surface area contributed by atoms with Gasteiger partial charge >= 0.3 is 6.03 Å². The largest absolute Gasteiger partial charge is 0.341 e. The van der Waals surface area contributed by atoms with Crippen LogP contribution in [0.2, 0.25) is 0 Å². The second-order valence-corrected chi connectivity index (χ2v) is 5.42. The number of carbonyl (C=O) groups excluding carboxylic acids is 2. The van der Waals surface area contributed by atoms with Crippen LogP contribution in [0.25, 0.3) is 0 Å². The van der Waals surface area contributed by atoms with Crippen molar-refractivity contribution in [2.24, 2.45) is 0 Å². The highest BCUT2D eigenvalue weighted by Crippen LogP contribution is 2.29. The van der Waals surface area contributed by atoms with Gasteiger partial charge < -0.3 is 10.2 Å². The summed E-state index contributed by atoms with van der Waals surface area (Å²) in [5.41, 5.74) is 0.287. The first-order valence-corrected chi connectivity index (χ1v) is 6.66. The van der Waals surface area contributed by atoms with Crippen LogP contribution < -0.4 is 10.2 Å². The number of imide groups is 1. The van der Waals surface area contributed by atoms with Crippen molar-refractivity contribution in [3.05, 3.63) is 18.0 Å². The lowest BCUT2D eigenvalue weighted by molar-refractivity contribution is -0.131. The normalized spacial score (nSPS) is 21.5. The Kier molecular flexibility index (Phi) is 2.84.